The standard InChI is InChI=1S/C14H14F2N2O/c1-19-11-5-2-9(3-6-11)14(18-17)10-4-7-12(15)13(16)8-10/h2-8,14,18H,17H2,1H3. The Balaban J connectivity index is 2.34. The zero-order chi connectivity index (χ0) is 13.8. The van der Waals surface area contributed by atoms with E-state index in [0.717, 1.165) is 17.7 Å². The van der Waals surface area contributed by atoms with Gasteiger partial charge >= 0.3 is 0 Å². The summed E-state index contributed by atoms with van der Waals surface area (Å²) in [6.07, 6.45) is 0. The van der Waals surface area contributed by atoms with E-state index in [4.69, 9.17) is 10.6 Å². The third-order valence-electron chi connectivity index (χ3n) is 2.89. The number of methoxy groups -OCH3 is 1. The van der Waals surface area contributed by atoms with E-state index in [1.165, 1.54) is 6.07 Å². The Morgan fingerprint density at radius 3 is 2.16 bits per heavy atom. The van der Waals surface area contributed by atoms with E-state index in [2.05, 4.69) is 5.43 Å². The third kappa shape index (κ3) is 2.89. The molecule has 3 nitrogen and oxygen atoms in total. The molecule has 0 aliphatic carbocycles. The first-order valence-corrected chi connectivity index (χ1v) is 5.70. The van der Waals surface area contributed by atoms with Gasteiger partial charge in [-0.15, -0.1) is 0 Å². The number of nitrogens with one attached hydrogen (secondary N) is 1. The van der Waals surface area contributed by atoms with Crippen LogP contribution in [0.15, 0.2) is 42.5 Å². The maximum atomic E-state index is 13.2. The van der Waals surface area contributed by atoms with Crippen molar-refractivity contribution in [3.8, 4) is 5.75 Å². The number of benzene rings is 2. The largest absolute Gasteiger partial charge is 0.497 e. The molecule has 0 bridgehead atoms. The number of halogens is 2. The highest BCUT2D eigenvalue weighted by Gasteiger charge is 2.14. The van der Waals surface area contributed by atoms with Crippen molar-refractivity contribution in [2.75, 3.05) is 7.11 Å². The van der Waals surface area contributed by atoms with E-state index in [-0.39, 0.29) is 0 Å². The smallest absolute Gasteiger partial charge is 0.159 e. The van der Waals surface area contributed by atoms with Crippen LogP contribution >= 0.6 is 0 Å². The number of hydrogen-bond donors (Lipinski definition) is 2. The summed E-state index contributed by atoms with van der Waals surface area (Å²) in [5.74, 6) is 4.43. The van der Waals surface area contributed by atoms with Crippen LogP contribution in [0.25, 0.3) is 0 Å². The van der Waals surface area contributed by atoms with Gasteiger partial charge in [-0.3, -0.25) is 5.84 Å². The molecule has 100 valence electrons. The van der Waals surface area contributed by atoms with Crippen LogP contribution in [-0.2, 0) is 0 Å². The van der Waals surface area contributed by atoms with E-state index >= 15 is 0 Å². The lowest BCUT2D eigenvalue weighted by atomic mass is 9.99. The molecule has 2 rings (SSSR count). The molecular weight excluding hydrogens is 250 g/mol. The summed E-state index contributed by atoms with van der Waals surface area (Å²) < 4.78 is 31.2. The molecule has 0 radical (unpaired) electrons. The van der Waals surface area contributed by atoms with Crippen molar-refractivity contribution in [3.05, 3.63) is 65.2 Å². The minimum Gasteiger partial charge on any atom is -0.497 e. The fraction of sp³-hybridized carbons (Fsp3) is 0.143. The molecule has 3 N–H and O–H groups in total. The van der Waals surface area contributed by atoms with Gasteiger partial charge in [-0.2, -0.15) is 0 Å². The highest BCUT2D eigenvalue weighted by atomic mass is 19.2. The Kier molecular flexibility index (Phi) is 4.09. The van der Waals surface area contributed by atoms with Crippen molar-refractivity contribution in [2.45, 2.75) is 6.04 Å². The highest BCUT2D eigenvalue weighted by molar-refractivity contribution is 5.35. The van der Waals surface area contributed by atoms with Crippen molar-refractivity contribution < 1.29 is 13.5 Å². The van der Waals surface area contributed by atoms with Crippen molar-refractivity contribution in [1.82, 2.24) is 5.43 Å². The first-order valence-electron chi connectivity index (χ1n) is 5.70. The van der Waals surface area contributed by atoms with Crippen LogP contribution in [0.5, 0.6) is 5.75 Å². The highest BCUT2D eigenvalue weighted by Crippen LogP contribution is 2.24. The van der Waals surface area contributed by atoms with Gasteiger partial charge < -0.3 is 4.74 Å². The Hall–Kier alpha value is -1.98. The van der Waals surface area contributed by atoms with Gasteiger partial charge in [-0.25, -0.2) is 14.2 Å². The summed E-state index contributed by atoms with van der Waals surface area (Å²) in [6.45, 7) is 0. The maximum Gasteiger partial charge on any atom is 0.159 e. The van der Waals surface area contributed by atoms with Crippen molar-refractivity contribution >= 4 is 0 Å². The molecule has 0 heterocycles. The lowest BCUT2D eigenvalue weighted by Gasteiger charge is -2.17. The molecular formula is C14H14F2N2O. The second-order valence-corrected chi connectivity index (χ2v) is 4.05. The Labute approximate surface area is 110 Å². The second kappa shape index (κ2) is 5.77. The minimum atomic E-state index is -0.897. The lowest BCUT2D eigenvalue weighted by Crippen LogP contribution is -2.28. The quantitative estimate of drug-likeness (QED) is 0.659. The van der Waals surface area contributed by atoms with Crippen LogP contribution in [0.1, 0.15) is 17.2 Å². The zero-order valence-corrected chi connectivity index (χ0v) is 10.4. The monoisotopic (exact) mass is 264 g/mol. The molecule has 0 aliphatic heterocycles. The molecule has 0 saturated carbocycles. The van der Waals surface area contributed by atoms with Gasteiger partial charge in [-0.05, 0) is 35.4 Å². The van der Waals surface area contributed by atoms with Crippen LogP contribution in [-0.4, -0.2) is 7.11 Å². The van der Waals surface area contributed by atoms with Gasteiger partial charge in [0.1, 0.15) is 5.75 Å². The first kappa shape index (κ1) is 13.5. The van der Waals surface area contributed by atoms with Crippen LogP contribution in [0, 0.1) is 11.6 Å². The molecule has 0 aromatic heterocycles. The molecule has 1 unspecified atom stereocenters. The second-order valence-electron chi connectivity index (χ2n) is 4.05. The first-order chi connectivity index (χ1) is 9.15. The molecule has 5 heteroatoms. The van der Waals surface area contributed by atoms with Gasteiger partial charge in [-0.1, -0.05) is 18.2 Å². The fourth-order valence-corrected chi connectivity index (χ4v) is 1.87. The molecule has 2 aromatic rings. The van der Waals surface area contributed by atoms with E-state index in [1.807, 2.05) is 12.1 Å². The molecule has 0 amide bonds. The lowest BCUT2D eigenvalue weighted by molar-refractivity contribution is 0.414. The number of hydrazine groups is 1. The topological polar surface area (TPSA) is 47.3 Å². The summed E-state index contributed by atoms with van der Waals surface area (Å²) in [6, 6.07) is 10.5. The predicted octanol–water partition coefficient (Wildman–Crippen LogP) is 2.53. The van der Waals surface area contributed by atoms with Gasteiger partial charge in [0, 0.05) is 0 Å². The van der Waals surface area contributed by atoms with Crippen LogP contribution < -0.4 is 16.0 Å². The number of hydrogen-bond acceptors (Lipinski definition) is 3. The molecule has 0 saturated heterocycles. The average Bonchev–Trinajstić information content (AvgIpc) is 2.44. The van der Waals surface area contributed by atoms with E-state index < -0.39 is 17.7 Å². The summed E-state index contributed by atoms with van der Waals surface area (Å²) >= 11 is 0. The van der Waals surface area contributed by atoms with Crippen molar-refractivity contribution in [3.63, 3.8) is 0 Å². The maximum absolute atomic E-state index is 13.2. The number of nitrogens with two attached hydrogens (primary N) is 1. The Morgan fingerprint density at radius 2 is 1.63 bits per heavy atom. The van der Waals surface area contributed by atoms with Gasteiger partial charge in [0.15, 0.2) is 11.6 Å². The fourth-order valence-electron chi connectivity index (χ4n) is 1.87. The third-order valence-corrected chi connectivity index (χ3v) is 2.89. The average molecular weight is 264 g/mol. The van der Waals surface area contributed by atoms with Crippen LogP contribution in [0.3, 0.4) is 0 Å². The van der Waals surface area contributed by atoms with Crippen LogP contribution in [0.2, 0.25) is 0 Å². The van der Waals surface area contributed by atoms with Gasteiger partial charge in [0.25, 0.3) is 0 Å². The zero-order valence-electron chi connectivity index (χ0n) is 10.4. The van der Waals surface area contributed by atoms with E-state index in [0.29, 0.717) is 11.3 Å². The molecule has 0 aliphatic rings. The number of ether oxygens (including phenoxy) is 1. The van der Waals surface area contributed by atoms with Gasteiger partial charge in [0.05, 0.1) is 13.2 Å². The van der Waals surface area contributed by atoms with Crippen molar-refractivity contribution in [1.29, 1.82) is 0 Å². The minimum absolute atomic E-state index is 0.416. The van der Waals surface area contributed by atoms with Crippen LogP contribution in [0.4, 0.5) is 8.78 Å². The molecule has 2 aromatic carbocycles. The SMILES string of the molecule is COc1ccc(C(NN)c2ccc(F)c(F)c2)cc1. The van der Waals surface area contributed by atoms with E-state index in [1.54, 1.807) is 19.2 Å². The van der Waals surface area contributed by atoms with Gasteiger partial charge in [0.2, 0.25) is 0 Å². The molecule has 0 spiro atoms. The summed E-state index contributed by atoms with van der Waals surface area (Å²) in [5.41, 5.74) is 3.96. The normalized spacial score (nSPS) is 12.2. The molecule has 0 fully saturated rings. The summed E-state index contributed by atoms with van der Waals surface area (Å²) in [5, 5.41) is 0. The Morgan fingerprint density at radius 1 is 1.00 bits per heavy atom. The summed E-state index contributed by atoms with van der Waals surface area (Å²) in [4.78, 5) is 0. The predicted molar refractivity (Wildman–Crippen MR) is 68.5 cm³/mol. The Bertz CT molecular complexity index is 558. The molecule has 1 atom stereocenters. The summed E-state index contributed by atoms with van der Waals surface area (Å²) in [7, 11) is 1.57. The molecule has 19 heavy (non-hydrogen) atoms. The number of rotatable bonds is 4. The van der Waals surface area contributed by atoms with E-state index in [9.17, 15) is 8.78 Å². The van der Waals surface area contributed by atoms with Crippen molar-refractivity contribution in [2.24, 2.45) is 5.84 Å².